The Balaban J connectivity index is 2.05. The van der Waals surface area contributed by atoms with Gasteiger partial charge in [-0.1, -0.05) is 60.7 Å². The first-order valence-electron chi connectivity index (χ1n) is 10.5. The van der Waals surface area contributed by atoms with E-state index in [0.717, 1.165) is 16.7 Å². The predicted octanol–water partition coefficient (Wildman–Crippen LogP) is 5.40. The Labute approximate surface area is 192 Å². The minimum atomic E-state index is -0.679. The number of hydrogen-bond donors (Lipinski definition) is 0. The van der Waals surface area contributed by atoms with Crippen molar-refractivity contribution in [1.29, 1.82) is 0 Å². The fourth-order valence-corrected chi connectivity index (χ4v) is 3.79. The molecule has 1 aromatic heterocycles. The summed E-state index contributed by atoms with van der Waals surface area (Å²) in [5.74, 6) is -1.34. The van der Waals surface area contributed by atoms with E-state index in [1.54, 1.807) is 12.1 Å². The molecule has 0 spiro atoms. The van der Waals surface area contributed by atoms with Crippen LogP contribution in [0.3, 0.4) is 0 Å². The first-order chi connectivity index (χ1) is 16.0. The van der Waals surface area contributed by atoms with E-state index in [9.17, 15) is 9.59 Å². The number of hydrogen-bond acceptors (Lipinski definition) is 5. The van der Waals surface area contributed by atoms with E-state index in [1.807, 2.05) is 48.5 Å². The molecule has 4 aromatic rings. The summed E-state index contributed by atoms with van der Waals surface area (Å²) in [6.07, 6.45) is 0. The number of esters is 2. The maximum Gasteiger partial charge on any atom is 0.357 e. The topological polar surface area (TPSA) is 70.4 Å². The van der Waals surface area contributed by atoms with Gasteiger partial charge in [-0.05, 0) is 48.2 Å². The molecule has 6 heteroatoms. The Hall–Kier alpha value is -4.19. The fourth-order valence-electron chi connectivity index (χ4n) is 3.79. The van der Waals surface area contributed by atoms with Crippen molar-refractivity contribution < 1.29 is 19.1 Å². The van der Waals surface area contributed by atoms with Crippen LogP contribution in [0.5, 0.6) is 0 Å². The largest absolute Gasteiger partial charge is 0.465 e. The highest BCUT2D eigenvalue weighted by Gasteiger charge is 2.32. The maximum atomic E-state index is 13.0. The summed E-state index contributed by atoms with van der Waals surface area (Å²) in [5.41, 5.74) is 5.97. The molecule has 3 aromatic carbocycles. The molecule has 33 heavy (non-hydrogen) atoms. The van der Waals surface area contributed by atoms with Crippen molar-refractivity contribution in [2.24, 2.45) is 0 Å². The van der Waals surface area contributed by atoms with Gasteiger partial charge in [0, 0.05) is 5.56 Å². The van der Waals surface area contributed by atoms with E-state index in [1.165, 1.54) is 24.5 Å². The molecule has 166 valence electrons. The van der Waals surface area contributed by atoms with Gasteiger partial charge in [-0.2, -0.15) is 5.10 Å². The van der Waals surface area contributed by atoms with Crippen molar-refractivity contribution in [3.05, 3.63) is 95.2 Å². The Bertz CT molecular complexity index is 1340. The van der Waals surface area contributed by atoms with E-state index >= 15 is 0 Å². The van der Waals surface area contributed by atoms with Gasteiger partial charge in [0.2, 0.25) is 0 Å². The molecule has 4 rings (SSSR count). The molecule has 0 aliphatic heterocycles. The third-order valence-electron chi connectivity index (χ3n) is 5.65. The van der Waals surface area contributed by atoms with Crippen molar-refractivity contribution in [2.45, 2.75) is 13.8 Å². The smallest absolute Gasteiger partial charge is 0.357 e. The van der Waals surface area contributed by atoms with Crippen molar-refractivity contribution in [2.75, 3.05) is 14.2 Å². The SMILES string of the molecule is COC(=O)c1c(-c2ccccc2-c2ccc(C)c(C)c2)nn(-c2ccccc2)c1C(=O)OC. The van der Waals surface area contributed by atoms with Gasteiger partial charge in [-0.3, -0.25) is 0 Å². The van der Waals surface area contributed by atoms with Crippen LogP contribution in [0.25, 0.3) is 28.1 Å². The van der Waals surface area contributed by atoms with Crippen molar-refractivity contribution >= 4 is 11.9 Å². The fraction of sp³-hybridized carbons (Fsp3) is 0.148. The molecule has 0 fully saturated rings. The molecule has 6 nitrogen and oxygen atoms in total. The summed E-state index contributed by atoms with van der Waals surface area (Å²) < 4.78 is 11.5. The average molecular weight is 440 g/mol. The summed E-state index contributed by atoms with van der Waals surface area (Å²) in [5, 5.41) is 4.73. The number of para-hydroxylation sites is 1. The molecule has 0 radical (unpaired) electrons. The zero-order chi connectivity index (χ0) is 23.5. The van der Waals surface area contributed by atoms with Crippen molar-refractivity contribution in [1.82, 2.24) is 9.78 Å². The number of carbonyl (C=O) groups excluding carboxylic acids is 2. The molecule has 0 atom stereocenters. The van der Waals surface area contributed by atoms with Crippen LogP contribution in [0.1, 0.15) is 32.0 Å². The monoisotopic (exact) mass is 440 g/mol. The van der Waals surface area contributed by atoms with Gasteiger partial charge in [0.05, 0.1) is 19.9 Å². The van der Waals surface area contributed by atoms with E-state index in [2.05, 4.69) is 26.0 Å². The summed E-state index contributed by atoms with van der Waals surface area (Å²) in [6, 6.07) is 23.0. The Morgan fingerprint density at radius 1 is 0.758 bits per heavy atom. The number of aromatic nitrogens is 2. The molecular formula is C27H24N2O4. The zero-order valence-electron chi connectivity index (χ0n) is 19.0. The quantitative estimate of drug-likeness (QED) is 0.389. The number of carbonyl (C=O) groups is 2. The molecule has 0 saturated heterocycles. The first-order valence-corrected chi connectivity index (χ1v) is 10.5. The second kappa shape index (κ2) is 9.12. The third kappa shape index (κ3) is 4.03. The van der Waals surface area contributed by atoms with Crippen LogP contribution in [0.4, 0.5) is 0 Å². The highest BCUT2D eigenvalue weighted by atomic mass is 16.5. The number of aryl methyl sites for hydroxylation is 2. The van der Waals surface area contributed by atoms with Gasteiger partial charge in [0.25, 0.3) is 0 Å². The third-order valence-corrected chi connectivity index (χ3v) is 5.65. The molecule has 0 bridgehead atoms. The average Bonchev–Trinajstić information content (AvgIpc) is 3.26. The molecule has 1 heterocycles. The molecular weight excluding hydrogens is 416 g/mol. The number of ether oxygens (including phenoxy) is 2. The van der Waals surface area contributed by atoms with Crippen molar-refractivity contribution in [3.63, 3.8) is 0 Å². The molecule has 0 aliphatic rings. The van der Waals surface area contributed by atoms with Crippen LogP contribution in [-0.2, 0) is 9.47 Å². The Morgan fingerprint density at radius 3 is 2.03 bits per heavy atom. The van der Waals surface area contributed by atoms with Gasteiger partial charge >= 0.3 is 11.9 Å². The highest BCUT2D eigenvalue weighted by molar-refractivity contribution is 6.08. The number of benzene rings is 3. The van der Waals surface area contributed by atoms with Gasteiger partial charge in [-0.15, -0.1) is 0 Å². The van der Waals surface area contributed by atoms with Crippen LogP contribution in [0.15, 0.2) is 72.8 Å². The number of nitrogens with zero attached hydrogens (tertiary/aromatic N) is 2. The number of rotatable bonds is 5. The second-order valence-corrected chi connectivity index (χ2v) is 7.65. The molecule has 0 unspecified atom stereocenters. The van der Waals surface area contributed by atoms with E-state index in [4.69, 9.17) is 14.6 Å². The normalized spacial score (nSPS) is 10.7. The lowest BCUT2D eigenvalue weighted by Gasteiger charge is -2.11. The summed E-state index contributed by atoms with van der Waals surface area (Å²) in [6.45, 7) is 4.12. The van der Waals surface area contributed by atoms with E-state index in [-0.39, 0.29) is 11.3 Å². The van der Waals surface area contributed by atoms with Crippen LogP contribution in [0.2, 0.25) is 0 Å². The Morgan fingerprint density at radius 2 is 1.39 bits per heavy atom. The minimum absolute atomic E-state index is 0.0143. The van der Waals surface area contributed by atoms with E-state index < -0.39 is 11.9 Å². The van der Waals surface area contributed by atoms with Gasteiger partial charge < -0.3 is 9.47 Å². The highest BCUT2D eigenvalue weighted by Crippen LogP contribution is 2.36. The summed E-state index contributed by atoms with van der Waals surface area (Å²) in [4.78, 5) is 25.8. The summed E-state index contributed by atoms with van der Waals surface area (Å²) in [7, 11) is 2.55. The lowest BCUT2D eigenvalue weighted by Crippen LogP contribution is -2.15. The van der Waals surface area contributed by atoms with Crippen LogP contribution in [0, 0.1) is 13.8 Å². The standard InChI is InChI=1S/C27H24N2O4/c1-17-14-15-19(16-18(17)2)21-12-8-9-13-22(21)24-23(26(30)32-3)25(27(31)33-4)29(28-24)20-10-6-5-7-11-20/h5-16H,1-4H3. The zero-order valence-corrected chi connectivity index (χ0v) is 19.0. The van der Waals surface area contributed by atoms with Gasteiger partial charge in [0.15, 0.2) is 5.69 Å². The minimum Gasteiger partial charge on any atom is -0.465 e. The van der Waals surface area contributed by atoms with Gasteiger partial charge in [-0.25, -0.2) is 14.3 Å². The second-order valence-electron chi connectivity index (χ2n) is 7.65. The maximum absolute atomic E-state index is 13.0. The number of methoxy groups -OCH3 is 2. The van der Waals surface area contributed by atoms with Crippen LogP contribution >= 0.6 is 0 Å². The lowest BCUT2D eigenvalue weighted by molar-refractivity contribution is 0.0549. The lowest BCUT2D eigenvalue weighted by atomic mass is 9.93. The molecule has 0 N–H and O–H groups in total. The Kier molecular flexibility index (Phi) is 6.09. The van der Waals surface area contributed by atoms with Gasteiger partial charge in [0.1, 0.15) is 11.3 Å². The van der Waals surface area contributed by atoms with Crippen LogP contribution in [-0.4, -0.2) is 35.9 Å². The van der Waals surface area contributed by atoms with E-state index in [0.29, 0.717) is 16.9 Å². The molecule has 0 amide bonds. The predicted molar refractivity (Wildman–Crippen MR) is 127 cm³/mol. The molecule has 0 saturated carbocycles. The van der Waals surface area contributed by atoms with Crippen molar-refractivity contribution in [3.8, 4) is 28.1 Å². The first kappa shape index (κ1) is 22.0. The van der Waals surface area contributed by atoms with Crippen LogP contribution < -0.4 is 0 Å². The molecule has 0 aliphatic carbocycles. The summed E-state index contributed by atoms with van der Waals surface area (Å²) >= 11 is 0.